The van der Waals surface area contributed by atoms with Crippen LogP contribution in [0.1, 0.15) is 38.3 Å². The molecule has 1 aromatic heterocycles. The molecule has 0 fully saturated rings. The molecule has 1 N–H and O–H groups in total. The maximum Gasteiger partial charge on any atom is 0.233 e. The third kappa shape index (κ3) is 5.14. The molecule has 0 aliphatic rings. The number of hydrogen-bond acceptors (Lipinski definition) is 4. The standard InChI is InChI=1S/C21H23ClN4OS/c1-3-8-19(16-9-5-4-6-10-16)24-20(27)15(2)28-21-25-23-14-26(21)18-12-7-11-17(22)13-18/h4-7,9-15,19H,3,8H2,1-2H3,(H,24,27)/t15-,19+/m0/s1. The molecule has 0 aliphatic carbocycles. The number of amides is 1. The molecular weight excluding hydrogens is 392 g/mol. The van der Waals surface area contributed by atoms with Crippen molar-refractivity contribution in [3.05, 3.63) is 71.5 Å². The van der Waals surface area contributed by atoms with Crippen LogP contribution in [-0.2, 0) is 4.79 Å². The van der Waals surface area contributed by atoms with Gasteiger partial charge in [0.05, 0.1) is 17.0 Å². The third-order valence-corrected chi connectivity index (χ3v) is 5.64. The van der Waals surface area contributed by atoms with E-state index < -0.39 is 0 Å². The predicted molar refractivity (Wildman–Crippen MR) is 114 cm³/mol. The zero-order chi connectivity index (χ0) is 19.9. The second-order valence-corrected chi connectivity index (χ2v) is 8.23. The number of thioether (sulfide) groups is 1. The third-order valence-electron chi connectivity index (χ3n) is 4.35. The van der Waals surface area contributed by atoms with Gasteiger partial charge in [-0.05, 0) is 37.1 Å². The molecule has 0 aliphatic heterocycles. The van der Waals surface area contributed by atoms with Gasteiger partial charge in [-0.1, -0.05) is 73.1 Å². The first-order chi connectivity index (χ1) is 13.6. The summed E-state index contributed by atoms with van der Waals surface area (Å²) in [6.45, 7) is 4.00. The summed E-state index contributed by atoms with van der Waals surface area (Å²) >= 11 is 7.47. The maximum atomic E-state index is 12.8. The lowest BCUT2D eigenvalue weighted by atomic mass is 10.0. The van der Waals surface area contributed by atoms with Gasteiger partial charge >= 0.3 is 0 Å². The molecule has 2 atom stereocenters. The summed E-state index contributed by atoms with van der Waals surface area (Å²) in [4.78, 5) is 12.8. The fourth-order valence-electron chi connectivity index (χ4n) is 2.90. The number of carbonyl (C=O) groups excluding carboxylic acids is 1. The topological polar surface area (TPSA) is 59.8 Å². The van der Waals surface area contributed by atoms with Gasteiger partial charge in [0.25, 0.3) is 0 Å². The molecule has 0 radical (unpaired) electrons. The Morgan fingerprint density at radius 2 is 2.00 bits per heavy atom. The van der Waals surface area contributed by atoms with E-state index in [1.54, 1.807) is 6.33 Å². The summed E-state index contributed by atoms with van der Waals surface area (Å²) in [6.07, 6.45) is 3.51. The van der Waals surface area contributed by atoms with Crippen LogP contribution < -0.4 is 5.32 Å². The number of benzene rings is 2. The summed E-state index contributed by atoms with van der Waals surface area (Å²) in [5.74, 6) is -0.0204. The molecule has 1 amide bonds. The molecule has 0 saturated carbocycles. The van der Waals surface area contributed by atoms with Crippen LogP contribution in [0.25, 0.3) is 5.69 Å². The van der Waals surface area contributed by atoms with Gasteiger partial charge in [-0.2, -0.15) is 0 Å². The monoisotopic (exact) mass is 414 g/mol. The maximum absolute atomic E-state index is 12.8. The summed E-state index contributed by atoms with van der Waals surface area (Å²) in [7, 11) is 0. The fourth-order valence-corrected chi connectivity index (χ4v) is 3.94. The van der Waals surface area contributed by atoms with E-state index in [1.807, 2.05) is 66.1 Å². The van der Waals surface area contributed by atoms with Crippen molar-refractivity contribution in [2.45, 2.75) is 43.1 Å². The zero-order valence-electron chi connectivity index (χ0n) is 15.9. The van der Waals surface area contributed by atoms with E-state index in [1.165, 1.54) is 11.8 Å². The smallest absolute Gasteiger partial charge is 0.233 e. The van der Waals surface area contributed by atoms with Crippen LogP contribution in [0.3, 0.4) is 0 Å². The van der Waals surface area contributed by atoms with Gasteiger partial charge in [-0.25, -0.2) is 0 Å². The number of nitrogens with zero attached hydrogens (tertiary/aromatic N) is 3. The van der Waals surface area contributed by atoms with Crippen LogP contribution in [-0.4, -0.2) is 25.9 Å². The molecular formula is C21H23ClN4OS. The first-order valence-corrected chi connectivity index (χ1v) is 10.5. The average Bonchev–Trinajstić information content (AvgIpc) is 3.16. The Morgan fingerprint density at radius 1 is 1.21 bits per heavy atom. The number of rotatable bonds is 8. The molecule has 0 spiro atoms. The largest absolute Gasteiger partial charge is 0.348 e. The van der Waals surface area contributed by atoms with Crippen LogP contribution in [0.4, 0.5) is 0 Å². The summed E-state index contributed by atoms with van der Waals surface area (Å²) in [5.41, 5.74) is 1.98. The summed E-state index contributed by atoms with van der Waals surface area (Å²) < 4.78 is 1.83. The Morgan fingerprint density at radius 3 is 2.71 bits per heavy atom. The highest BCUT2D eigenvalue weighted by atomic mass is 35.5. The fraction of sp³-hybridized carbons (Fsp3) is 0.286. The van der Waals surface area contributed by atoms with Gasteiger partial charge in [-0.15, -0.1) is 10.2 Å². The number of nitrogens with one attached hydrogen (secondary N) is 1. The van der Waals surface area contributed by atoms with E-state index in [9.17, 15) is 4.79 Å². The lowest BCUT2D eigenvalue weighted by Gasteiger charge is -2.21. The molecule has 0 unspecified atom stereocenters. The van der Waals surface area contributed by atoms with Crippen LogP contribution in [0.2, 0.25) is 5.02 Å². The van der Waals surface area contributed by atoms with E-state index in [-0.39, 0.29) is 17.2 Å². The number of aromatic nitrogens is 3. The van der Waals surface area contributed by atoms with E-state index in [4.69, 9.17) is 11.6 Å². The number of hydrogen-bond donors (Lipinski definition) is 1. The lowest BCUT2D eigenvalue weighted by molar-refractivity contribution is -0.121. The molecule has 0 bridgehead atoms. The van der Waals surface area contributed by atoms with Crippen LogP contribution in [0, 0.1) is 0 Å². The van der Waals surface area contributed by atoms with Crippen molar-refractivity contribution in [2.75, 3.05) is 0 Å². The van der Waals surface area contributed by atoms with E-state index >= 15 is 0 Å². The van der Waals surface area contributed by atoms with E-state index in [2.05, 4.69) is 22.4 Å². The van der Waals surface area contributed by atoms with Crippen LogP contribution in [0.5, 0.6) is 0 Å². The molecule has 1 heterocycles. The van der Waals surface area contributed by atoms with E-state index in [0.29, 0.717) is 10.2 Å². The highest BCUT2D eigenvalue weighted by Crippen LogP contribution is 2.26. The molecule has 5 nitrogen and oxygen atoms in total. The molecule has 2 aromatic carbocycles. The SMILES string of the molecule is CCC[C@@H](NC(=O)[C@H](C)Sc1nncn1-c1cccc(Cl)c1)c1ccccc1. The minimum atomic E-state index is -0.315. The Kier molecular flexibility index (Phi) is 7.12. The van der Waals surface area contributed by atoms with Gasteiger partial charge in [-0.3, -0.25) is 9.36 Å². The zero-order valence-corrected chi connectivity index (χ0v) is 17.5. The quantitative estimate of drug-likeness (QED) is 0.523. The van der Waals surface area contributed by atoms with Gasteiger partial charge in [0, 0.05) is 5.02 Å². The number of carbonyl (C=O) groups is 1. The van der Waals surface area contributed by atoms with Crippen LogP contribution >= 0.6 is 23.4 Å². The Balaban J connectivity index is 1.70. The average molecular weight is 415 g/mol. The molecule has 3 aromatic rings. The van der Waals surface area contributed by atoms with Crippen molar-refractivity contribution < 1.29 is 4.79 Å². The van der Waals surface area contributed by atoms with Crippen molar-refractivity contribution in [2.24, 2.45) is 0 Å². The van der Waals surface area contributed by atoms with Gasteiger partial charge in [0.1, 0.15) is 6.33 Å². The molecule has 7 heteroatoms. The molecule has 0 saturated heterocycles. The first kappa shape index (κ1) is 20.4. The lowest BCUT2D eigenvalue weighted by Crippen LogP contribution is -2.34. The summed E-state index contributed by atoms with van der Waals surface area (Å²) in [6, 6.07) is 17.5. The molecule has 146 valence electrons. The second kappa shape index (κ2) is 9.75. The predicted octanol–water partition coefficient (Wildman–Crippen LogP) is 5.06. The minimum absolute atomic E-state index is 0.00699. The Hall–Kier alpha value is -2.31. The Bertz CT molecular complexity index is 916. The van der Waals surface area contributed by atoms with Crippen molar-refractivity contribution in [1.82, 2.24) is 20.1 Å². The van der Waals surface area contributed by atoms with Crippen LogP contribution in [0.15, 0.2) is 66.1 Å². The second-order valence-electron chi connectivity index (χ2n) is 6.48. The van der Waals surface area contributed by atoms with Crippen molar-refractivity contribution >= 4 is 29.3 Å². The van der Waals surface area contributed by atoms with Gasteiger partial charge in [0.2, 0.25) is 5.91 Å². The summed E-state index contributed by atoms with van der Waals surface area (Å²) in [5, 5.41) is 12.3. The minimum Gasteiger partial charge on any atom is -0.348 e. The highest BCUT2D eigenvalue weighted by Gasteiger charge is 2.21. The highest BCUT2D eigenvalue weighted by molar-refractivity contribution is 8.00. The van der Waals surface area contributed by atoms with E-state index in [0.717, 1.165) is 24.1 Å². The van der Waals surface area contributed by atoms with Gasteiger partial charge in [0.15, 0.2) is 5.16 Å². The van der Waals surface area contributed by atoms with Crippen molar-refractivity contribution in [3.63, 3.8) is 0 Å². The first-order valence-electron chi connectivity index (χ1n) is 9.26. The molecule has 3 rings (SSSR count). The Labute approximate surface area is 174 Å². The van der Waals surface area contributed by atoms with Crippen molar-refractivity contribution in [1.29, 1.82) is 0 Å². The molecule has 28 heavy (non-hydrogen) atoms. The van der Waals surface area contributed by atoms with Gasteiger partial charge < -0.3 is 5.32 Å². The normalized spacial score (nSPS) is 13.1. The van der Waals surface area contributed by atoms with Crippen molar-refractivity contribution in [3.8, 4) is 5.69 Å². The number of halogens is 1.